The monoisotopic (exact) mass is 147 g/mol. The Hall–Kier alpha value is -0.810. The van der Waals surface area contributed by atoms with Gasteiger partial charge in [-0.1, -0.05) is 0 Å². The number of carbonyl (C=O) groups is 1. The SMILES string of the molecule is CO[C@H]1NC(=O)O[C@@H]1CO. The molecule has 1 rings (SSSR count). The third kappa shape index (κ3) is 1.19. The number of ether oxygens (including phenoxy) is 2. The zero-order valence-corrected chi connectivity index (χ0v) is 5.53. The molecule has 2 atom stereocenters. The summed E-state index contributed by atoms with van der Waals surface area (Å²) in [5, 5.41) is 10.9. The Labute approximate surface area is 57.9 Å². The van der Waals surface area contributed by atoms with Crippen LogP contribution in [0.2, 0.25) is 0 Å². The van der Waals surface area contributed by atoms with Crippen LogP contribution in [0, 0.1) is 0 Å². The zero-order chi connectivity index (χ0) is 7.56. The first-order valence-electron chi connectivity index (χ1n) is 2.88. The van der Waals surface area contributed by atoms with Crippen molar-refractivity contribution in [3.8, 4) is 0 Å². The molecule has 1 aliphatic heterocycles. The van der Waals surface area contributed by atoms with Crippen LogP contribution in [0.3, 0.4) is 0 Å². The van der Waals surface area contributed by atoms with Gasteiger partial charge >= 0.3 is 6.09 Å². The summed E-state index contributed by atoms with van der Waals surface area (Å²) in [6.07, 6.45) is -1.64. The van der Waals surface area contributed by atoms with E-state index >= 15 is 0 Å². The molecule has 0 bridgehead atoms. The van der Waals surface area contributed by atoms with Crippen LogP contribution in [0.15, 0.2) is 0 Å². The molecule has 58 valence electrons. The van der Waals surface area contributed by atoms with Crippen molar-refractivity contribution in [2.24, 2.45) is 0 Å². The summed E-state index contributed by atoms with van der Waals surface area (Å²) >= 11 is 0. The number of nitrogens with one attached hydrogen (secondary N) is 1. The van der Waals surface area contributed by atoms with E-state index in [1.807, 2.05) is 0 Å². The van der Waals surface area contributed by atoms with Gasteiger partial charge in [0.1, 0.15) is 0 Å². The molecule has 1 fully saturated rings. The highest BCUT2D eigenvalue weighted by atomic mass is 16.6. The normalized spacial score (nSPS) is 31.6. The lowest BCUT2D eigenvalue weighted by Crippen LogP contribution is -2.34. The van der Waals surface area contributed by atoms with E-state index in [1.54, 1.807) is 0 Å². The van der Waals surface area contributed by atoms with Crippen LogP contribution in [-0.4, -0.2) is 37.2 Å². The fourth-order valence-corrected chi connectivity index (χ4v) is 0.786. The van der Waals surface area contributed by atoms with Gasteiger partial charge in [-0.3, -0.25) is 5.32 Å². The summed E-state index contributed by atoms with van der Waals surface area (Å²) in [6.45, 7) is -0.225. The van der Waals surface area contributed by atoms with Gasteiger partial charge in [0.05, 0.1) is 6.61 Å². The lowest BCUT2D eigenvalue weighted by atomic mass is 10.3. The van der Waals surface area contributed by atoms with Crippen LogP contribution in [0.5, 0.6) is 0 Å². The maximum atomic E-state index is 10.5. The molecule has 0 spiro atoms. The first-order chi connectivity index (χ1) is 4.77. The van der Waals surface area contributed by atoms with E-state index in [0.29, 0.717) is 0 Å². The Balaban J connectivity index is 2.48. The molecule has 2 N–H and O–H groups in total. The van der Waals surface area contributed by atoms with Crippen LogP contribution < -0.4 is 5.32 Å². The van der Waals surface area contributed by atoms with Crippen molar-refractivity contribution in [1.29, 1.82) is 0 Å². The van der Waals surface area contributed by atoms with Crippen LogP contribution >= 0.6 is 0 Å². The Morgan fingerprint density at radius 1 is 1.90 bits per heavy atom. The lowest BCUT2D eigenvalue weighted by Gasteiger charge is -2.11. The van der Waals surface area contributed by atoms with E-state index in [0.717, 1.165) is 0 Å². The fourth-order valence-electron chi connectivity index (χ4n) is 0.786. The summed E-state index contributed by atoms with van der Waals surface area (Å²) in [6, 6.07) is 0. The van der Waals surface area contributed by atoms with E-state index in [1.165, 1.54) is 7.11 Å². The Morgan fingerprint density at radius 2 is 2.60 bits per heavy atom. The van der Waals surface area contributed by atoms with Gasteiger partial charge in [0.25, 0.3) is 0 Å². The van der Waals surface area contributed by atoms with Gasteiger partial charge in [0.15, 0.2) is 12.3 Å². The molecule has 5 heteroatoms. The van der Waals surface area contributed by atoms with Crippen LogP contribution in [0.4, 0.5) is 4.79 Å². The van der Waals surface area contributed by atoms with Crippen LogP contribution in [-0.2, 0) is 9.47 Å². The number of amides is 1. The van der Waals surface area contributed by atoms with Crippen molar-refractivity contribution in [3.63, 3.8) is 0 Å². The second kappa shape index (κ2) is 2.85. The van der Waals surface area contributed by atoms with Gasteiger partial charge in [0.2, 0.25) is 0 Å². The smallest absolute Gasteiger partial charge is 0.409 e. The van der Waals surface area contributed by atoms with Crippen molar-refractivity contribution >= 4 is 6.09 Å². The summed E-state index contributed by atoms with van der Waals surface area (Å²) < 4.78 is 9.36. The minimum absolute atomic E-state index is 0.225. The summed E-state index contributed by atoms with van der Waals surface area (Å²) in [4.78, 5) is 10.5. The number of methoxy groups -OCH3 is 1. The number of aliphatic hydroxyl groups excluding tert-OH is 1. The van der Waals surface area contributed by atoms with Gasteiger partial charge in [0, 0.05) is 7.11 Å². The number of carbonyl (C=O) groups excluding carboxylic acids is 1. The second-order valence-corrected chi connectivity index (χ2v) is 1.93. The predicted molar refractivity (Wildman–Crippen MR) is 31.3 cm³/mol. The molecule has 0 aliphatic carbocycles. The first-order valence-corrected chi connectivity index (χ1v) is 2.88. The largest absolute Gasteiger partial charge is 0.439 e. The van der Waals surface area contributed by atoms with Crippen molar-refractivity contribution in [2.45, 2.75) is 12.3 Å². The van der Waals surface area contributed by atoms with E-state index in [9.17, 15) is 4.79 Å². The van der Waals surface area contributed by atoms with E-state index < -0.39 is 18.4 Å². The van der Waals surface area contributed by atoms with Gasteiger partial charge < -0.3 is 14.6 Å². The van der Waals surface area contributed by atoms with Gasteiger partial charge in [-0.2, -0.15) is 0 Å². The molecule has 0 radical (unpaired) electrons. The number of hydrogen-bond acceptors (Lipinski definition) is 4. The van der Waals surface area contributed by atoms with E-state index in [2.05, 4.69) is 10.1 Å². The highest BCUT2D eigenvalue weighted by Gasteiger charge is 2.33. The average molecular weight is 147 g/mol. The molecule has 1 aliphatic rings. The topological polar surface area (TPSA) is 67.8 Å². The minimum atomic E-state index is -0.572. The Bertz CT molecular complexity index is 124. The van der Waals surface area contributed by atoms with Crippen LogP contribution in [0.25, 0.3) is 0 Å². The number of rotatable bonds is 2. The fraction of sp³-hybridized carbons (Fsp3) is 0.800. The maximum Gasteiger partial charge on any atom is 0.409 e. The van der Waals surface area contributed by atoms with E-state index in [4.69, 9.17) is 9.84 Å². The number of aliphatic hydroxyl groups is 1. The van der Waals surface area contributed by atoms with Crippen LogP contribution in [0.1, 0.15) is 0 Å². The molecule has 1 saturated heterocycles. The quantitative estimate of drug-likeness (QED) is 0.529. The second-order valence-electron chi connectivity index (χ2n) is 1.93. The third-order valence-electron chi connectivity index (χ3n) is 1.29. The molecule has 0 aromatic heterocycles. The highest BCUT2D eigenvalue weighted by molar-refractivity contribution is 5.69. The molecule has 5 nitrogen and oxygen atoms in total. The number of cyclic esters (lactones) is 1. The first kappa shape index (κ1) is 7.30. The minimum Gasteiger partial charge on any atom is -0.439 e. The van der Waals surface area contributed by atoms with Crippen molar-refractivity contribution in [3.05, 3.63) is 0 Å². The highest BCUT2D eigenvalue weighted by Crippen LogP contribution is 2.07. The molecule has 0 saturated carbocycles. The van der Waals surface area contributed by atoms with Gasteiger partial charge in [-0.15, -0.1) is 0 Å². The molecule has 0 aromatic carbocycles. The Morgan fingerprint density at radius 3 is 3.00 bits per heavy atom. The van der Waals surface area contributed by atoms with Crippen molar-refractivity contribution in [1.82, 2.24) is 5.32 Å². The molecule has 0 aromatic rings. The van der Waals surface area contributed by atoms with Gasteiger partial charge in [-0.05, 0) is 0 Å². The molecule has 10 heavy (non-hydrogen) atoms. The predicted octanol–water partition coefficient (Wildman–Crippen LogP) is -0.940. The zero-order valence-electron chi connectivity index (χ0n) is 5.53. The lowest BCUT2D eigenvalue weighted by molar-refractivity contribution is -0.00613. The van der Waals surface area contributed by atoms with Gasteiger partial charge in [-0.25, -0.2) is 4.79 Å². The van der Waals surface area contributed by atoms with E-state index in [-0.39, 0.29) is 6.61 Å². The molecular formula is C5H9NO4. The third-order valence-corrected chi connectivity index (χ3v) is 1.29. The summed E-state index contributed by atoms with van der Waals surface area (Å²) in [5.74, 6) is 0. The molecule has 1 heterocycles. The molecule has 0 unspecified atom stereocenters. The summed E-state index contributed by atoms with van der Waals surface area (Å²) in [7, 11) is 1.43. The average Bonchev–Trinajstić information content (AvgIpc) is 2.30. The maximum absolute atomic E-state index is 10.5. The number of alkyl carbamates (subject to hydrolysis) is 1. The number of hydrogen-bond donors (Lipinski definition) is 2. The Kier molecular flexibility index (Phi) is 2.08. The van der Waals surface area contributed by atoms with Crippen molar-refractivity contribution < 1.29 is 19.4 Å². The molecular weight excluding hydrogens is 138 g/mol. The molecule has 1 amide bonds. The summed E-state index contributed by atoms with van der Waals surface area (Å²) in [5.41, 5.74) is 0. The van der Waals surface area contributed by atoms with Crippen molar-refractivity contribution in [2.75, 3.05) is 13.7 Å². The standard InChI is InChI=1S/C5H9NO4/c1-9-4-3(2-7)10-5(8)6-4/h3-4,7H,2H2,1H3,(H,6,8)/t3-,4-/m1/s1.